The smallest absolute Gasteiger partial charge is 0.224 e. The maximum atomic E-state index is 13.3. The van der Waals surface area contributed by atoms with Gasteiger partial charge in [0.2, 0.25) is 5.91 Å². The van der Waals surface area contributed by atoms with Crippen LogP contribution in [0, 0.1) is 11.6 Å². The maximum Gasteiger partial charge on any atom is 0.224 e. The summed E-state index contributed by atoms with van der Waals surface area (Å²) in [5.41, 5.74) is 5.61. The third-order valence-electron chi connectivity index (χ3n) is 2.74. The Morgan fingerprint density at radius 3 is 2.72 bits per heavy atom. The lowest BCUT2D eigenvalue weighted by atomic mass is 10.1. The molecular weight excluding hydrogens is 238 g/mol. The quantitative estimate of drug-likeness (QED) is 0.814. The van der Waals surface area contributed by atoms with Crippen LogP contribution in [-0.4, -0.2) is 18.5 Å². The minimum absolute atomic E-state index is 0.00556. The molecule has 1 rings (SSSR count). The molecule has 0 saturated carbocycles. The molecule has 3 nitrogen and oxygen atoms in total. The number of rotatable bonds is 6. The summed E-state index contributed by atoms with van der Waals surface area (Å²) in [4.78, 5) is 11.7. The Hall–Kier alpha value is -1.49. The Balaban J connectivity index is 2.58. The van der Waals surface area contributed by atoms with Crippen LogP contribution in [0.25, 0.3) is 0 Å². The zero-order valence-corrected chi connectivity index (χ0v) is 10.4. The molecule has 0 aliphatic heterocycles. The summed E-state index contributed by atoms with van der Waals surface area (Å²) >= 11 is 0. The molecule has 1 atom stereocenters. The highest BCUT2D eigenvalue weighted by Gasteiger charge is 2.12. The molecule has 0 aliphatic carbocycles. The lowest BCUT2D eigenvalue weighted by Gasteiger charge is -2.16. The van der Waals surface area contributed by atoms with E-state index in [0.29, 0.717) is 13.0 Å². The van der Waals surface area contributed by atoms with Crippen LogP contribution in [0.1, 0.15) is 25.3 Å². The van der Waals surface area contributed by atoms with E-state index < -0.39 is 11.6 Å². The van der Waals surface area contributed by atoms with E-state index >= 15 is 0 Å². The van der Waals surface area contributed by atoms with Crippen molar-refractivity contribution in [1.82, 2.24) is 5.32 Å². The van der Waals surface area contributed by atoms with Crippen LogP contribution < -0.4 is 11.1 Å². The Labute approximate surface area is 105 Å². The van der Waals surface area contributed by atoms with Gasteiger partial charge in [-0.2, -0.15) is 0 Å². The first-order valence-electron chi connectivity index (χ1n) is 6.00. The van der Waals surface area contributed by atoms with Crippen molar-refractivity contribution in [3.63, 3.8) is 0 Å². The number of nitrogens with one attached hydrogen (secondary N) is 1. The highest BCUT2D eigenvalue weighted by Crippen LogP contribution is 2.10. The van der Waals surface area contributed by atoms with Gasteiger partial charge in [-0.3, -0.25) is 4.79 Å². The number of hydrogen-bond acceptors (Lipinski definition) is 2. The third-order valence-corrected chi connectivity index (χ3v) is 2.74. The molecular formula is C13H18F2N2O. The Bertz CT molecular complexity index is 410. The molecule has 1 unspecified atom stereocenters. The van der Waals surface area contributed by atoms with E-state index in [1.807, 2.05) is 6.92 Å². The Kier molecular flexibility index (Phi) is 5.71. The largest absolute Gasteiger partial charge is 0.353 e. The fraction of sp³-hybridized carbons (Fsp3) is 0.462. The molecule has 0 saturated heterocycles. The second kappa shape index (κ2) is 7.06. The molecule has 0 aromatic heterocycles. The van der Waals surface area contributed by atoms with Crippen LogP contribution in [0.4, 0.5) is 8.78 Å². The van der Waals surface area contributed by atoms with Gasteiger partial charge in [0.1, 0.15) is 11.6 Å². The Morgan fingerprint density at radius 2 is 2.17 bits per heavy atom. The van der Waals surface area contributed by atoms with Crippen LogP contribution in [0.15, 0.2) is 18.2 Å². The number of carbonyl (C=O) groups is 1. The van der Waals surface area contributed by atoms with Crippen molar-refractivity contribution < 1.29 is 13.6 Å². The Morgan fingerprint density at radius 1 is 1.44 bits per heavy atom. The van der Waals surface area contributed by atoms with Gasteiger partial charge >= 0.3 is 0 Å². The van der Waals surface area contributed by atoms with E-state index in [-0.39, 0.29) is 23.9 Å². The van der Waals surface area contributed by atoms with Crippen molar-refractivity contribution in [2.45, 2.75) is 32.2 Å². The second-order valence-electron chi connectivity index (χ2n) is 4.16. The summed E-state index contributed by atoms with van der Waals surface area (Å²) in [6, 6.07) is 3.21. The van der Waals surface area contributed by atoms with Crippen LogP contribution in [-0.2, 0) is 11.2 Å². The fourth-order valence-electron chi connectivity index (χ4n) is 1.70. The third kappa shape index (κ3) is 4.41. The molecule has 1 aromatic rings. The van der Waals surface area contributed by atoms with Crippen LogP contribution >= 0.6 is 0 Å². The summed E-state index contributed by atoms with van der Waals surface area (Å²) in [7, 11) is 0. The summed E-state index contributed by atoms with van der Waals surface area (Å²) < 4.78 is 26.0. The second-order valence-corrected chi connectivity index (χ2v) is 4.16. The van der Waals surface area contributed by atoms with E-state index in [0.717, 1.165) is 18.6 Å². The molecule has 100 valence electrons. The van der Waals surface area contributed by atoms with Gasteiger partial charge in [0.05, 0.1) is 6.42 Å². The summed E-state index contributed by atoms with van der Waals surface area (Å²) in [5.74, 6) is -1.62. The normalized spacial score (nSPS) is 12.2. The van der Waals surface area contributed by atoms with Gasteiger partial charge in [0.15, 0.2) is 0 Å². The molecule has 0 heterocycles. The number of amides is 1. The topological polar surface area (TPSA) is 55.1 Å². The molecule has 3 N–H and O–H groups in total. The average Bonchev–Trinajstić information content (AvgIpc) is 2.32. The van der Waals surface area contributed by atoms with Gasteiger partial charge < -0.3 is 11.1 Å². The van der Waals surface area contributed by atoms with Crippen molar-refractivity contribution >= 4 is 5.91 Å². The highest BCUT2D eigenvalue weighted by atomic mass is 19.1. The minimum Gasteiger partial charge on any atom is -0.353 e. The first-order chi connectivity index (χ1) is 8.56. The molecule has 0 radical (unpaired) electrons. The number of nitrogens with two attached hydrogens (primary N) is 1. The lowest BCUT2D eigenvalue weighted by Crippen LogP contribution is -2.36. The van der Waals surface area contributed by atoms with Gasteiger partial charge in [0, 0.05) is 12.1 Å². The summed E-state index contributed by atoms with van der Waals surface area (Å²) in [6.07, 6.45) is 1.37. The number of carbonyl (C=O) groups excluding carboxylic acids is 1. The van der Waals surface area contributed by atoms with Crippen LogP contribution in [0.2, 0.25) is 0 Å². The molecule has 5 heteroatoms. The van der Waals surface area contributed by atoms with E-state index in [9.17, 15) is 13.6 Å². The maximum absolute atomic E-state index is 13.3. The zero-order valence-electron chi connectivity index (χ0n) is 10.4. The lowest BCUT2D eigenvalue weighted by molar-refractivity contribution is -0.121. The number of benzene rings is 1. The van der Waals surface area contributed by atoms with Crippen LogP contribution in [0.3, 0.4) is 0 Å². The average molecular weight is 256 g/mol. The molecule has 1 aromatic carbocycles. The summed E-state index contributed by atoms with van der Waals surface area (Å²) in [6.45, 7) is 2.43. The predicted octanol–water partition coefficient (Wildman–Crippen LogP) is 1.75. The van der Waals surface area contributed by atoms with Crippen molar-refractivity contribution in [2.24, 2.45) is 5.73 Å². The molecule has 0 bridgehead atoms. The molecule has 0 aliphatic rings. The first-order valence-corrected chi connectivity index (χ1v) is 6.00. The van der Waals surface area contributed by atoms with E-state index in [2.05, 4.69) is 5.32 Å². The molecule has 0 spiro atoms. The number of halogens is 2. The molecule has 0 fully saturated rings. The van der Waals surface area contributed by atoms with Crippen molar-refractivity contribution in [1.29, 1.82) is 0 Å². The van der Waals surface area contributed by atoms with E-state index in [4.69, 9.17) is 5.73 Å². The standard InChI is InChI=1S/C13H18F2N2O/c1-2-11(5-6-16)17-13(18)7-9-3-4-10(14)8-12(9)15/h3-4,8,11H,2,5-7,16H2,1H3,(H,17,18). The molecule has 1 amide bonds. The van der Waals surface area contributed by atoms with Gasteiger partial charge in [-0.1, -0.05) is 13.0 Å². The SMILES string of the molecule is CCC(CCN)NC(=O)Cc1ccc(F)cc1F. The van der Waals surface area contributed by atoms with Gasteiger partial charge in [0.25, 0.3) is 0 Å². The highest BCUT2D eigenvalue weighted by molar-refractivity contribution is 5.78. The number of hydrogen-bond donors (Lipinski definition) is 2. The van der Waals surface area contributed by atoms with Crippen molar-refractivity contribution in [2.75, 3.05) is 6.54 Å². The fourth-order valence-corrected chi connectivity index (χ4v) is 1.70. The van der Waals surface area contributed by atoms with Crippen molar-refractivity contribution in [3.8, 4) is 0 Å². The van der Waals surface area contributed by atoms with Gasteiger partial charge in [-0.25, -0.2) is 8.78 Å². The van der Waals surface area contributed by atoms with E-state index in [1.165, 1.54) is 6.07 Å². The minimum atomic E-state index is -0.697. The predicted molar refractivity (Wildman–Crippen MR) is 66.0 cm³/mol. The molecule has 18 heavy (non-hydrogen) atoms. The summed E-state index contributed by atoms with van der Waals surface area (Å²) in [5, 5.41) is 2.78. The van der Waals surface area contributed by atoms with Gasteiger partial charge in [-0.15, -0.1) is 0 Å². The monoisotopic (exact) mass is 256 g/mol. The van der Waals surface area contributed by atoms with Crippen LogP contribution in [0.5, 0.6) is 0 Å². The van der Waals surface area contributed by atoms with E-state index in [1.54, 1.807) is 0 Å². The first kappa shape index (κ1) is 14.6. The van der Waals surface area contributed by atoms with Crippen molar-refractivity contribution in [3.05, 3.63) is 35.4 Å². The van der Waals surface area contributed by atoms with Gasteiger partial charge in [-0.05, 0) is 31.0 Å². The zero-order chi connectivity index (χ0) is 13.5.